The van der Waals surface area contributed by atoms with Crippen molar-refractivity contribution in [2.24, 2.45) is 5.92 Å². The van der Waals surface area contributed by atoms with Gasteiger partial charge in [0.25, 0.3) is 0 Å². The third-order valence-electron chi connectivity index (χ3n) is 4.74. The molecule has 1 heterocycles. The Morgan fingerprint density at radius 1 is 1.17 bits per heavy atom. The van der Waals surface area contributed by atoms with Gasteiger partial charge in [0.15, 0.2) is 0 Å². The van der Waals surface area contributed by atoms with Crippen LogP contribution in [0.25, 0.3) is 0 Å². The fourth-order valence-corrected chi connectivity index (χ4v) is 3.41. The van der Waals surface area contributed by atoms with Crippen molar-refractivity contribution >= 4 is 35.3 Å². The molecular formula is C21H30ClN3O5. The molecule has 0 bridgehead atoms. The van der Waals surface area contributed by atoms with E-state index in [0.29, 0.717) is 18.1 Å². The minimum Gasteiger partial charge on any atom is -0.480 e. The Morgan fingerprint density at radius 3 is 2.27 bits per heavy atom. The van der Waals surface area contributed by atoms with Gasteiger partial charge in [-0.1, -0.05) is 25.4 Å². The Hall–Kier alpha value is -2.48. The minimum atomic E-state index is -1.02. The summed E-state index contributed by atoms with van der Waals surface area (Å²) in [7, 11) is 0. The van der Waals surface area contributed by atoms with E-state index in [-0.39, 0.29) is 18.4 Å². The summed E-state index contributed by atoms with van der Waals surface area (Å²) in [5, 5.41) is 12.9. The fraction of sp³-hybridized carbons (Fsp3) is 0.571. The smallest absolute Gasteiger partial charge is 0.408 e. The molecule has 0 saturated carbocycles. The number of piperazine rings is 1. The van der Waals surface area contributed by atoms with E-state index < -0.39 is 29.7 Å². The summed E-state index contributed by atoms with van der Waals surface area (Å²) >= 11 is 5.93. The van der Waals surface area contributed by atoms with E-state index in [4.69, 9.17) is 16.3 Å². The van der Waals surface area contributed by atoms with Crippen molar-refractivity contribution in [2.45, 2.75) is 52.3 Å². The number of carbonyl (C=O) groups is 3. The average molecular weight is 440 g/mol. The van der Waals surface area contributed by atoms with Crippen LogP contribution < -0.4 is 10.2 Å². The maximum absolute atomic E-state index is 13.1. The molecule has 1 saturated heterocycles. The lowest BCUT2D eigenvalue weighted by molar-refractivity contribution is -0.142. The molecule has 1 aliphatic heterocycles. The van der Waals surface area contributed by atoms with Crippen molar-refractivity contribution in [3.05, 3.63) is 29.3 Å². The molecule has 1 fully saturated rings. The first-order valence-electron chi connectivity index (χ1n) is 9.92. The van der Waals surface area contributed by atoms with Crippen LogP contribution in [0.15, 0.2) is 24.3 Å². The number of hydrogen-bond donors (Lipinski definition) is 2. The first-order chi connectivity index (χ1) is 13.9. The molecule has 2 rings (SSSR count). The number of alkyl carbamates (subject to hydrolysis) is 1. The Balaban J connectivity index is 2.14. The van der Waals surface area contributed by atoms with Gasteiger partial charge in [0.05, 0.1) is 6.54 Å². The summed E-state index contributed by atoms with van der Waals surface area (Å²) in [6.07, 6.45) is -0.677. The number of anilines is 1. The molecule has 2 atom stereocenters. The van der Waals surface area contributed by atoms with Gasteiger partial charge in [0, 0.05) is 23.8 Å². The Morgan fingerprint density at radius 2 is 1.77 bits per heavy atom. The van der Waals surface area contributed by atoms with Crippen LogP contribution in [0.4, 0.5) is 10.5 Å². The van der Waals surface area contributed by atoms with E-state index in [1.54, 1.807) is 49.9 Å². The van der Waals surface area contributed by atoms with Gasteiger partial charge in [-0.2, -0.15) is 0 Å². The highest BCUT2D eigenvalue weighted by Crippen LogP contribution is 2.24. The second-order valence-corrected chi connectivity index (χ2v) is 9.11. The normalized spacial score (nSPS) is 18.2. The number of hydrogen-bond acceptors (Lipinski definition) is 5. The van der Waals surface area contributed by atoms with E-state index in [0.717, 1.165) is 5.69 Å². The number of halogens is 1. The molecule has 0 radical (unpaired) electrons. The lowest BCUT2D eigenvalue weighted by Gasteiger charge is -2.42. The van der Waals surface area contributed by atoms with Crippen LogP contribution >= 0.6 is 11.6 Å². The van der Waals surface area contributed by atoms with Crippen molar-refractivity contribution in [1.82, 2.24) is 10.2 Å². The minimum absolute atomic E-state index is 0.00993. The van der Waals surface area contributed by atoms with E-state index in [9.17, 15) is 19.5 Å². The predicted octanol–water partition coefficient (Wildman–Crippen LogP) is 2.99. The van der Waals surface area contributed by atoms with Crippen molar-refractivity contribution in [1.29, 1.82) is 0 Å². The molecule has 2 amide bonds. The van der Waals surface area contributed by atoms with Gasteiger partial charge in [-0.05, 0) is 51.0 Å². The zero-order valence-corrected chi connectivity index (χ0v) is 18.8. The second-order valence-electron chi connectivity index (χ2n) is 8.68. The molecule has 1 aliphatic rings. The zero-order valence-electron chi connectivity index (χ0n) is 18.0. The molecule has 166 valence electrons. The molecule has 1 aromatic rings. The highest BCUT2D eigenvalue weighted by molar-refractivity contribution is 6.30. The van der Waals surface area contributed by atoms with Crippen molar-refractivity contribution < 1.29 is 24.2 Å². The van der Waals surface area contributed by atoms with Crippen LogP contribution in [0.3, 0.4) is 0 Å². The average Bonchev–Trinajstić information content (AvgIpc) is 2.64. The van der Waals surface area contributed by atoms with Crippen LogP contribution in [0, 0.1) is 5.92 Å². The van der Waals surface area contributed by atoms with Crippen LogP contribution in [0.2, 0.25) is 5.02 Å². The van der Waals surface area contributed by atoms with Gasteiger partial charge in [0.1, 0.15) is 17.7 Å². The third kappa shape index (κ3) is 6.26. The summed E-state index contributed by atoms with van der Waals surface area (Å²) in [4.78, 5) is 40.5. The molecule has 0 spiro atoms. The molecule has 0 aliphatic carbocycles. The summed E-state index contributed by atoms with van der Waals surface area (Å²) < 4.78 is 5.27. The lowest BCUT2D eigenvalue weighted by atomic mass is 10.0. The second kappa shape index (κ2) is 9.55. The number of aliphatic carboxylic acids is 1. The zero-order chi connectivity index (χ0) is 22.6. The SMILES string of the molecule is CC(C)[C@H](NC(=O)OC(C)(C)C)C(=O)N1CCN(c2ccc(Cl)cc2)[C@@H](C(=O)O)C1. The van der Waals surface area contributed by atoms with Crippen molar-refractivity contribution in [3.63, 3.8) is 0 Å². The summed E-state index contributed by atoms with van der Waals surface area (Å²) in [5.41, 5.74) is 0.0407. The molecule has 2 N–H and O–H groups in total. The largest absolute Gasteiger partial charge is 0.480 e. The molecule has 0 unspecified atom stereocenters. The van der Waals surface area contributed by atoms with E-state index >= 15 is 0 Å². The number of benzene rings is 1. The van der Waals surface area contributed by atoms with Crippen LogP contribution in [0.5, 0.6) is 0 Å². The topological polar surface area (TPSA) is 99.2 Å². The lowest BCUT2D eigenvalue weighted by Crippen LogP contribution is -2.61. The molecule has 0 aromatic heterocycles. The first kappa shape index (κ1) is 23.8. The number of ether oxygens (including phenoxy) is 1. The number of carboxylic acid groups (broad SMARTS) is 1. The van der Waals surface area contributed by atoms with E-state index in [2.05, 4.69) is 5.32 Å². The van der Waals surface area contributed by atoms with Crippen molar-refractivity contribution in [3.8, 4) is 0 Å². The summed E-state index contributed by atoms with van der Waals surface area (Å²) in [6, 6.07) is 5.21. The van der Waals surface area contributed by atoms with Crippen molar-refractivity contribution in [2.75, 3.05) is 24.5 Å². The number of rotatable bonds is 5. The van der Waals surface area contributed by atoms with Gasteiger partial charge >= 0.3 is 12.1 Å². The van der Waals surface area contributed by atoms with Gasteiger partial charge in [0.2, 0.25) is 5.91 Å². The third-order valence-corrected chi connectivity index (χ3v) is 4.99. The monoisotopic (exact) mass is 439 g/mol. The molecule has 1 aromatic carbocycles. The maximum Gasteiger partial charge on any atom is 0.408 e. The van der Waals surface area contributed by atoms with E-state index in [1.807, 2.05) is 13.8 Å². The molecule has 9 heteroatoms. The Kier molecular flexibility index (Phi) is 7.58. The number of nitrogens with one attached hydrogen (secondary N) is 1. The van der Waals surface area contributed by atoms with Crippen LogP contribution in [-0.4, -0.2) is 65.3 Å². The van der Waals surface area contributed by atoms with Gasteiger partial charge in [-0.25, -0.2) is 9.59 Å². The number of carbonyl (C=O) groups excluding carboxylic acids is 2. The van der Waals surface area contributed by atoms with Gasteiger partial charge < -0.3 is 25.0 Å². The highest BCUT2D eigenvalue weighted by atomic mass is 35.5. The number of nitrogens with zero attached hydrogens (tertiary/aromatic N) is 2. The predicted molar refractivity (Wildman–Crippen MR) is 115 cm³/mol. The number of amides is 2. The van der Waals surface area contributed by atoms with Gasteiger partial charge in [-0.15, -0.1) is 0 Å². The first-order valence-corrected chi connectivity index (χ1v) is 10.3. The fourth-order valence-electron chi connectivity index (χ4n) is 3.28. The van der Waals surface area contributed by atoms with E-state index in [1.165, 1.54) is 4.90 Å². The van der Waals surface area contributed by atoms with Gasteiger partial charge in [-0.3, -0.25) is 4.79 Å². The maximum atomic E-state index is 13.1. The number of carboxylic acids is 1. The molecule has 8 nitrogen and oxygen atoms in total. The summed E-state index contributed by atoms with van der Waals surface area (Å²) in [5.74, 6) is -1.54. The van der Waals surface area contributed by atoms with Crippen LogP contribution in [0.1, 0.15) is 34.6 Å². The summed E-state index contributed by atoms with van der Waals surface area (Å²) in [6.45, 7) is 9.56. The highest BCUT2D eigenvalue weighted by Gasteiger charge is 2.38. The quantitative estimate of drug-likeness (QED) is 0.731. The molecule has 30 heavy (non-hydrogen) atoms. The molecular weight excluding hydrogens is 410 g/mol. The Labute approximate surface area is 182 Å². The Bertz CT molecular complexity index is 776. The standard InChI is InChI=1S/C21H30ClN3O5/c1-13(2)17(23-20(29)30-21(3,4)5)18(26)24-10-11-25(16(12-24)19(27)28)15-8-6-14(22)7-9-15/h6-9,13,16-17H,10-12H2,1-5H3,(H,23,29)(H,27,28)/t16-,17+/m1/s1. The van der Waals surface area contributed by atoms with Crippen LogP contribution in [-0.2, 0) is 14.3 Å².